The lowest BCUT2D eigenvalue weighted by Gasteiger charge is -2.20. The van der Waals surface area contributed by atoms with Gasteiger partial charge in [0.05, 0.1) is 16.6 Å². The van der Waals surface area contributed by atoms with Crippen LogP contribution in [0.4, 0.5) is 5.69 Å². The zero-order valence-corrected chi connectivity index (χ0v) is 13.7. The molecule has 0 heterocycles. The van der Waals surface area contributed by atoms with Gasteiger partial charge in [0, 0.05) is 6.42 Å². The lowest BCUT2D eigenvalue weighted by Crippen LogP contribution is -2.33. The van der Waals surface area contributed by atoms with Crippen molar-refractivity contribution in [1.82, 2.24) is 5.43 Å². The maximum absolute atomic E-state index is 11.9. The van der Waals surface area contributed by atoms with Crippen LogP contribution in [-0.2, 0) is 9.59 Å². The molecule has 3 N–H and O–H groups in total. The molecule has 0 bridgehead atoms. The average Bonchev–Trinajstić information content (AvgIpc) is 2.46. The molecule has 1 aromatic rings. The summed E-state index contributed by atoms with van der Waals surface area (Å²) in [5.74, 6) is -1.81. The first-order valence-corrected chi connectivity index (χ1v) is 7.85. The van der Waals surface area contributed by atoms with Crippen LogP contribution < -0.4 is 10.9 Å². The van der Waals surface area contributed by atoms with E-state index in [1.165, 1.54) is 0 Å². The number of anilines is 1. The van der Waals surface area contributed by atoms with Crippen molar-refractivity contribution in [2.24, 2.45) is 11.8 Å². The summed E-state index contributed by atoms with van der Waals surface area (Å²) in [5.41, 5.74) is 5.91. The molecular formula is C16H23ClN2O3. The van der Waals surface area contributed by atoms with E-state index in [0.29, 0.717) is 17.1 Å². The molecule has 0 aliphatic carbocycles. The highest BCUT2D eigenvalue weighted by Crippen LogP contribution is 2.22. The van der Waals surface area contributed by atoms with Gasteiger partial charge in [-0.15, -0.1) is 0 Å². The minimum Gasteiger partial charge on any atom is -0.481 e. The second-order valence-corrected chi connectivity index (χ2v) is 5.83. The fourth-order valence-corrected chi connectivity index (χ4v) is 2.44. The molecule has 0 fully saturated rings. The van der Waals surface area contributed by atoms with Gasteiger partial charge in [-0.05, 0) is 24.5 Å². The third-order valence-corrected chi connectivity index (χ3v) is 3.92. The summed E-state index contributed by atoms with van der Waals surface area (Å²) in [4.78, 5) is 23.2. The lowest BCUT2D eigenvalue weighted by atomic mass is 9.87. The summed E-state index contributed by atoms with van der Waals surface area (Å²) in [6.45, 7) is 3.81. The van der Waals surface area contributed by atoms with Gasteiger partial charge in [-0.3, -0.25) is 20.4 Å². The smallest absolute Gasteiger partial charge is 0.306 e. The molecule has 0 spiro atoms. The summed E-state index contributed by atoms with van der Waals surface area (Å²) >= 11 is 5.97. The van der Waals surface area contributed by atoms with Crippen LogP contribution in [0.5, 0.6) is 0 Å². The van der Waals surface area contributed by atoms with Crippen molar-refractivity contribution in [3.8, 4) is 0 Å². The van der Waals surface area contributed by atoms with Crippen molar-refractivity contribution in [2.75, 3.05) is 5.43 Å². The topological polar surface area (TPSA) is 78.4 Å². The first-order valence-electron chi connectivity index (χ1n) is 7.47. The van der Waals surface area contributed by atoms with Gasteiger partial charge in [0.2, 0.25) is 5.91 Å². The third-order valence-electron chi connectivity index (χ3n) is 3.59. The monoisotopic (exact) mass is 326 g/mol. The number of carbonyl (C=O) groups is 2. The molecule has 5 nitrogen and oxygen atoms in total. The first kappa shape index (κ1) is 18.3. The second-order valence-electron chi connectivity index (χ2n) is 5.42. The van der Waals surface area contributed by atoms with Crippen molar-refractivity contribution >= 4 is 29.2 Å². The number of carbonyl (C=O) groups excluding carboxylic acids is 1. The molecule has 1 amide bonds. The van der Waals surface area contributed by atoms with Crippen LogP contribution in [0.25, 0.3) is 0 Å². The largest absolute Gasteiger partial charge is 0.481 e. The number of hydrogen-bond donors (Lipinski definition) is 3. The van der Waals surface area contributed by atoms with Crippen LogP contribution in [0.1, 0.15) is 39.5 Å². The molecule has 0 aliphatic rings. The van der Waals surface area contributed by atoms with Gasteiger partial charge in [-0.1, -0.05) is 50.4 Å². The Hall–Kier alpha value is -1.75. The van der Waals surface area contributed by atoms with Gasteiger partial charge in [0.15, 0.2) is 0 Å². The molecular weight excluding hydrogens is 304 g/mol. The van der Waals surface area contributed by atoms with Crippen LogP contribution in [0.15, 0.2) is 24.3 Å². The Labute approximate surface area is 136 Å². The molecule has 122 valence electrons. The van der Waals surface area contributed by atoms with Gasteiger partial charge in [-0.25, -0.2) is 0 Å². The van der Waals surface area contributed by atoms with Crippen LogP contribution in [0.2, 0.25) is 5.02 Å². The Morgan fingerprint density at radius 1 is 1.32 bits per heavy atom. The van der Waals surface area contributed by atoms with Crippen LogP contribution in [0.3, 0.4) is 0 Å². The Bertz CT molecular complexity index is 508. The van der Waals surface area contributed by atoms with E-state index in [0.717, 1.165) is 12.8 Å². The van der Waals surface area contributed by atoms with Crippen molar-refractivity contribution in [2.45, 2.75) is 39.5 Å². The van der Waals surface area contributed by atoms with E-state index < -0.39 is 11.9 Å². The molecule has 22 heavy (non-hydrogen) atoms. The lowest BCUT2D eigenvalue weighted by molar-refractivity contribution is -0.144. The SMILES string of the molecule is CCCC[C@@H](C(=O)O)[C@H](C)CC(=O)NNc1ccccc1Cl. The molecule has 6 heteroatoms. The summed E-state index contributed by atoms with van der Waals surface area (Å²) in [6, 6.07) is 7.05. The Morgan fingerprint density at radius 2 is 2.00 bits per heavy atom. The zero-order valence-electron chi connectivity index (χ0n) is 12.9. The standard InChI is InChI=1S/C16H23ClN2O3/c1-3-4-7-12(16(21)22)11(2)10-15(20)19-18-14-9-6-5-8-13(14)17/h5-6,8-9,11-12,18H,3-4,7,10H2,1-2H3,(H,19,20)(H,21,22)/t11-,12-/m1/s1. The van der Waals surface area contributed by atoms with E-state index in [2.05, 4.69) is 10.9 Å². The van der Waals surface area contributed by atoms with Crippen LogP contribution in [-0.4, -0.2) is 17.0 Å². The fourth-order valence-electron chi connectivity index (χ4n) is 2.26. The molecule has 2 atom stereocenters. The van der Waals surface area contributed by atoms with Crippen molar-refractivity contribution < 1.29 is 14.7 Å². The predicted octanol–water partition coefficient (Wildman–Crippen LogP) is 3.70. The second kappa shape index (κ2) is 9.30. The molecule has 1 aromatic carbocycles. The van der Waals surface area contributed by atoms with E-state index in [1.54, 1.807) is 31.2 Å². The molecule has 0 aliphatic heterocycles. The molecule has 0 saturated heterocycles. The van der Waals surface area contributed by atoms with Gasteiger partial charge >= 0.3 is 5.97 Å². The van der Waals surface area contributed by atoms with Crippen molar-refractivity contribution in [3.63, 3.8) is 0 Å². The predicted molar refractivity (Wildman–Crippen MR) is 87.6 cm³/mol. The number of rotatable bonds is 9. The summed E-state index contributed by atoms with van der Waals surface area (Å²) in [5, 5.41) is 9.76. The quantitative estimate of drug-likeness (QED) is 0.605. The summed E-state index contributed by atoms with van der Waals surface area (Å²) < 4.78 is 0. The number of halogens is 1. The number of unbranched alkanes of at least 4 members (excludes halogenated alkanes) is 1. The number of hydrazine groups is 1. The molecule has 1 rings (SSSR count). The Morgan fingerprint density at radius 3 is 2.59 bits per heavy atom. The number of benzene rings is 1. The van der Waals surface area contributed by atoms with E-state index in [9.17, 15) is 14.7 Å². The maximum Gasteiger partial charge on any atom is 0.306 e. The minimum absolute atomic E-state index is 0.151. The molecule has 0 saturated carbocycles. The highest BCUT2D eigenvalue weighted by atomic mass is 35.5. The van der Waals surface area contributed by atoms with E-state index in [-0.39, 0.29) is 18.2 Å². The normalized spacial score (nSPS) is 13.2. The highest BCUT2D eigenvalue weighted by molar-refractivity contribution is 6.33. The van der Waals surface area contributed by atoms with E-state index >= 15 is 0 Å². The van der Waals surface area contributed by atoms with Gasteiger partial charge in [0.1, 0.15) is 0 Å². The van der Waals surface area contributed by atoms with Gasteiger partial charge in [0.25, 0.3) is 0 Å². The zero-order chi connectivity index (χ0) is 16.5. The third kappa shape index (κ3) is 5.93. The summed E-state index contributed by atoms with van der Waals surface area (Å²) in [7, 11) is 0. The number of aliphatic carboxylic acids is 1. The number of nitrogens with one attached hydrogen (secondary N) is 2. The number of hydrogen-bond acceptors (Lipinski definition) is 3. The average molecular weight is 327 g/mol. The maximum atomic E-state index is 11.9. The number of para-hydroxylation sites is 1. The van der Waals surface area contributed by atoms with Gasteiger partial charge < -0.3 is 5.11 Å². The van der Waals surface area contributed by atoms with Crippen LogP contribution in [0, 0.1) is 11.8 Å². The molecule has 0 radical (unpaired) electrons. The minimum atomic E-state index is -0.840. The number of carboxylic acids is 1. The van der Waals surface area contributed by atoms with Crippen molar-refractivity contribution in [3.05, 3.63) is 29.3 Å². The van der Waals surface area contributed by atoms with Crippen molar-refractivity contribution in [1.29, 1.82) is 0 Å². The van der Waals surface area contributed by atoms with Gasteiger partial charge in [-0.2, -0.15) is 0 Å². The Balaban J connectivity index is 2.49. The first-order chi connectivity index (χ1) is 10.5. The molecule has 0 unspecified atom stereocenters. The Kier molecular flexibility index (Phi) is 7.74. The molecule has 0 aromatic heterocycles. The number of amides is 1. The summed E-state index contributed by atoms with van der Waals surface area (Å²) in [6.07, 6.45) is 2.54. The van der Waals surface area contributed by atoms with E-state index in [4.69, 9.17) is 11.6 Å². The van der Waals surface area contributed by atoms with E-state index in [1.807, 2.05) is 6.92 Å². The fraction of sp³-hybridized carbons (Fsp3) is 0.500. The highest BCUT2D eigenvalue weighted by Gasteiger charge is 2.25. The van der Waals surface area contributed by atoms with Crippen LogP contribution >= 0.6 is 11.6 Å². The number of carboxylic acid groups (broad SMARTS) is 1.